The average molecular weight is 452 g/mol. The number of benzene rings is 1. The fourth-order valence-electron chi connectivity index (χ4n) is 2.88. The molecule has 1 amide bonds. The highest BCUT2D eigenvalue weighted by atomic mass is 32.2. The summed E-state index contributed by atoms with van der Waals surface area (Å²) >= 11 is 1.07. The molecule has 3 rings (SSSR count). The lowest BCUT2D eigenvalue weighted by Gasteiger charge is -2.05. The first-order valence-electron chi connectivity index (χ1n) is 9.09. The van der Waals surface area contributed by atoms with Gasteiger partial charge in [-0.3, -0.25) is 14.3 Å². The summed E-state index contributed by atoms with van der Waals surface area (Å²) in [5, 5.41) is 9.43. The van der Waals surface area contributed by atoms with E-state index >= 15 is 0 Å². The Kier molecular flexibility index (Phi) is 6.19. The molecule has 0 fully saturated rings. The molecule has 1 aromatic carbocycles. The number of esters is 1. The molecule has 0 saturated heterocycles. The zero-order valence-corrected chi connectivity index (χ0v) is 18.3. The van der Waals surface area contributed by atoms with Crippen LogP contribution < -0.4 is 9.94 Å². The van der Waals surface area contributed by atoms with Gasteiger partial charge in [0.25, 0.3) is 5.91 Å². The number of hydrogen-bond acceptors (Lipinski definition) is 7. The van der Waals surface area contributed by atoms with Crippen molar-refractivity contribution in [2.45, 2.75) is 38.8 Å². The van der Waals surface area contributed by atoms with Crippen molar-refractivity contribution in [1.82, 2.24) is 14.3 Å². The Morgan fingerprint density at radius 1 is 1.27 bits per heavy atom. The van der Waals surface area contributed by atoms with E-state index in [1.807, 2.05) is 13.8 Å². The van der Waals surface area contributed by atoms with Crippen molar-refractivity contribution in [3.05, 3.63) is 40.5 Å². The van der Waals surface area contributed by atoms with Crippen molar-refractivity contribution in [2.75, 3.05) is 6.61 Å². The molecule has 0 unspecified atom stereocenters. The quantitative estimate of drug-likeness (QED) is 0.558. The molecule has 2 aromatic heterocycles. The van der Waals surface area contributed by atoms with Gasteiger partial charge in [0, 0.05) is 12.2 Å². The number of nitrogens with zero attached hydrogens (tertiary/aromatic N) is 4. The number of carbonyl (C=O) groups is 2. The number of amides is 1. The standard InChI is InChI=1S/C18H21N5O5S2/c1-4-23-11(3)8-13(21-23)17(25)20-18-22(10-16(24)28-5-2)14-7-6-12(30(19,26)27)9-15(14)29-18/h6-9H,4-5,10H2,1-3H3,(H2,19,26,27). The number of hydrogen-bond donors (Lipinski definition) is 1. The number of aryl methyl sites for hydroxylation is 2. The molecular weight excluding hydrogens is 430 g/mol. The number of primary sulfonamides is 1. The maximum absolute atomic E-state index is 12.7. The van der Waals surface area contributed by atoms with E-state index in [4.69, 9.17) is 9.88 Å². The van der Waals surface area contributed by atoms with Crippen LogP contribution in [-0.4, -0.2) is 41.2 Å². The molecule has 2 heterocycles. The predicted octanol–water partition coefficient (Wildman–Crippen LogP) is 1.18. The van der Waals surface area contributed by atoms with Crippen LogP contribution in [0.1, 0.15) is 30.0 Å². The van der Waals surface area contributed by atoms with Crippen molar-refractivity contribution in [2.24, 2.45) is 10.1 Å². The van der Waals surface area contributed by atoms with Crippen LogP contribution in [0.5, 0.6) is 0 Å². The molecule has 0 aliphatic carbocycles. The number of ether oxygens (including phenoxy) is 1. The van der Waals surface area contributed by atoms with Gasteiger partial charge in [-0.15, -0.1) is 0 Å². The lowest BCUT2D eigenvalue weighted by Crippen LogP contribution is -2.23. The zero-order valence-electron chi connectivity index (χ0n) is 16.7. The van der Waals surface area contributed by atoms with Crippen molar-refractivity contribution in [3.8, 4) is 0 Å². The summed E-state index contributed by atoms with van der Waals surface area (Å²) in [7, 11) is -3.91. The largest absolute Gasteiger partial charge is 0.465 e. The highest BCUT2D eigenvalue weighted by Crippen LogP contribution is 2.21. The second-order valence-corrected chi connectivity index (χ2v) is 8.92. The van der Waals surface area contributed by atoms with Crippen LogP contribution in [0.2, 0.25) is 0 Å². The smallest absolute Gasteiger partial charge is 0.326 e. The van der Waals surface area contributed by atoms with E-state index in [1.165, 1.54) is 22.8 Å². The van der Waals surface area contributed by atoms with Crippen LogP contribution in [0.4, 0.5) is 0 Å². The van der Waals surface area contributed by atoms with E-state index in [0.29, 0.717) is 16.8 Å². The predicted molar refractivity (Wildman–Crippen MR) is 110 cm³/mol. The summed E-state index contributed by atoms with van der Waals surface area (Å²) < 4.78 is 32.0. The van der Waals surface area contributed by atoms with Gasteiger partial charge in [0.1, 0.15) is 6.54 Å². The van der Waals surface area contributed by atoms with Crippen LogP contribution >= 0.6 is 11.3 Å². The molecule has 160 valence electrons. The van der Waals surface area contributed by atoms with Crippen molar-refractivity contribution >= 4 is 43.5 Å². The van der Waals surface area contributed by atoms with Crippen LogP contribution in [0.3, 0.4) is 0 Å². The third-order valence-electron chi connectivity index (χ3n) is 4.27. The Hall–Kier alpha value is -2.83. The molecule has 0 atom stereocenters. The Bertz CT molecular complexity index is 1300. The fourth-order valence-corrected chi connectivity index (χ4v) is 4.56. The van der Waals surface area contributed by atoms with Gasteiger partial charge >= 0.3 is 5.97 Å². The minimum absolute atomic E-state index is 0.0743. The zero-order chi connectivity index (χ0) is 22.1. The van der Waals surface area contributed by atoms with E-state index in [9.17, 15) is 18.0 Å². The van der Waals surface area contributed by atoms with Gasteiger partial charge in [0.2, 0.25) is 10.0 Å². The molecule has 2 N–H and O–H groups in total. The van der Waals surface area contributed by atoms with Crippen LogP contribution in [0.25, 0.3) is 10.2 Å². The minimum Gasteiger partial charge on any atom is -0.465 e. The van der Waals surface area contributed by atoms with Crippen molar-refractivity contribution < 1.29 is 22.7 Å². The Labute approximate surface area is 176 Å². The normalized spacial score (nSPS) is 12.5. The average Bonchev–Trinajstić information content (AvgIpc) is 3.21. The minimum atomic E-state index is -3.91. The Morgan fingerprint density at radius 3 is 2.60 bits per heavy atom. The van der Waals surface area contributed by atoms with E-state index in [1.54, 1.807) is 17.7 Å². The lowest BCUT2D eigenvalue weighted by atomic mass is 10.3. The summed E-state index contributed by atoms with van der Waals surface area (Å²) in [5.74, 6) is -1.08. The number of fused-ring (bicyclic) bond motifs is 1. The molecule has 0 aliphatic rings. The summed E-state index contributed by atoms with van der Waals surface area (Å²) in [6.07, 6.45) is 0. The Morgan fingerprint density at radius 2 is 2.00 bits per heavy atom. The number of aromatic nitrogens is 3. The molecule has 12 heteroatoms. The molecule has 0 spiro atoms. The second-order valence-electron chi connectivity index (χ2n) is 6.35. The molecule has 0 radical (unpaired) electrons. The van der Waals surface area contributed by atoms with E-state index in [2.05, 4.69) is 10.1 Å². The van der Waals surface area contributed by atoms with E-state index < -0.39 is 21.9 Å². The molecule has 0 bridgehead atoms. The number of thiazole rings is 1. The van der Waals surface area contributed by atoms with Gasteiger partial charge in [-0.05, 0) is 45.0 Å². The van der Waals surface area contributed by atoms with Gasteiger partial charge in [0.15, 0.2) is 10.5 Å². The van der Waals surface area contributed by atoms with Gasteiger partial charge in [-0.1, -0.05) is 11.3 Å². The van der Waals surface area contributed by atoms with E-state index in [-0.39, 0.29) is 28.5 Å². The van der Waals surface area contributed by atoms with Gasteiger partial charge in [0.05, 0.1) is 21.7 Å². The van der Waals surface area contributed by atoms with Crippen LogP contribution in [-0.2, 0) is 32.6 Å². The summed E-state index contributed by atoms with van der Waals surface area (Å²) in [6, 6.07) is 5.88. The first-order valence-corrected chi connectivity index (χ1v) is 11.5. The second kappa shape index (κ2) is 8.50. The summed E-state index contributed by atoms with van der Waals surface area (Å²) in [4.78, 5) is 29.0. The third-order valence-corrected chi connectivity index (χ3v) is 6.22. The lowest BCUT2D eigenvalue weighted by molar-refractivity contribution is -0.143. The molecule has 3 aromatic rings. The van der Waals surface area contributed by atoms with Crippen molar-refractivity contribution in [3.63, 3.8) is 0 Å². The number of rotatable bonds is 6. The summed E-state index contributed by atoms with van der Waals surface area (Å²) in [5.41, 5.74) is 1.53. The SMILES string of the molecule is CCOC(=O)Cn1c(=NC(=O)c2cc(C)n(CC)n2)sc2cc(S(N)(=O)=O)ccc21. The molecule has 0 aliphatic heterocycles. The summed E-state index contributed by atoms with van der Waals surface area (Å²) in [6.45, 7) is 6.07. The highest BCUT2D eigenvalue weighted by Gasteiger charge is 2.17. The number of nitrogens with two attached hydrogens (primary N) is 1. The van der Waals surface area contributed by atoms with E-state index in [0.717, 1.165) is 17.0 Å². The van der Waals surface area contributed by atoms with Gasteiger partial charge in [-0.2, -0.15) is 10.1 Å². The van der Waals surface area contributed by atoms with Gasteiger partial charge < -0.3 is 9.30 Å². The molecular formula is C18H21N5O5S2. The fraction of sp³-hybridized carbons (Fsp3) is 0.333. The Balaban J connectivity index is 2.15. The number of carbonyl (C=O) groups excluding carboxylic acids is 2. The molecule has 0 saturated carbocycles. The topological polar surface area (TPSA) is 139 Å². The maximum Gasteiger partial charge on any atom is 0.326 e. The molecule has 30 heavy (non-hydrogen) atoms. The first kappa shape index (κ1) is 21.9. The van der Waals surface area contributed by atoms with Crippen LogP contribution in [0, 0.1) is 6.92 Å². The molecule has 10 nitrogen and oxygen atoms in total. The van der Waals surface area contributed by atoms with Crippen LogP contribution in [0.15, 0.2) is 34.2 Å². The third kappa shape index (κ3) is 4.50. The maximum atomic E-state index is 12.7. The number of sulfonamides is 1. The monoisotopic (exact) mass is 451 g/mol. The highest BCUT2D eigenvalue weighted by molar-refractivity contribution is 7.89. The first-order chi connectivity index (χ1) is 14.1. The van der Waals surface area contributed by atoms with Crippen molar-refractivity contribution in [1.29, 1.82) is 0 Å². The van der Waals surface area contributed by atoms with Gasteiger partial charge in [-0.25, -0.2) is 13.6 Å².